The topological polar surface area (TPSA) is 64.4 Å². The molecule has 0 bridgehead atoms. The summed E-state index contributed by atoms with van der Waals surface area (Å²) in [6, 6.07) is 22.9. The largest absolute Gasteiger partial charge is 0.497 e. The Kier molecular flexibility index (Phi) is 4.58. The van der Waals surface area contributed by atoms with E-state index in [1.54, 1.807) is 7.11 Å². The molecule has 0 saturated heterocycles. The Labute approximate surface area is 156 Å². The van der Waals surface area contributed by atoms with Crippen LogP contribution < -0.4 is 10.1 Å². The summed E-state index contributed by atoms with van der Waals surface area (Å²) in [4.78, 5) is 12.6. The number of aromatic nitrogens is 1. The number of carbonyl (C=O) groups is 1. The van der Waals surface area contributed by atoms with Crippen molar-refractivity contribution in [3.63, 3.8) is 0 Å². The van der Waals surface area contributed by atoms with Gasteiger partial charge in [-0.05, 0) is 41.1 Å². The molecular formula is C22H18N2O3. The zero-order valence-electron chi connectivity index (χ0n) is 14.8. The van der Waals surface area contributed by atoms with E-state index < -0.39 is 0 Å². The van der Waals surface area contributed by atoms with E-state index >= 15 is 0 Å². The maximum Gasteiger partial charge on any atom is 0.252 e. The Hall–Kier alpha value is -3.60. The van der Waals surface area contributed by atoms with Gasteiger partial charge in [0.25, 0.3) is 5.91 Å². The predicted octanol–water partition coefficient (Wildman–Crippen LogP) is 4.43. The first-order valence-corrected chi connectivity index (χ1v) is 8.60. The second-order valence-corrected chi connectivity index (χ2v) is 6.12. The summed E-state index contributed by atoms with van der Waals surface area (Å²) in [6.07, 6.45) is 0. The molecule has 27 heavy (non-hydrogen) atoms. The number of fused-ring (bicyclic) bond motifs is 1. The lowest BCUT2D eigenvalue weighted by Gasteiger charge is -2.06. The second kappa shape index (κ2) is 7.33. The number of methoxy groups -OCH3 is 1. The molecule has 4 aromatic rings. The molecule has 5 nitrogen and oxygen atoms in total. The van der Waals surface area contributed by atoms with Crippen molar-refractivity contribution in [1.82, 2.24) is 10.5 Å². The van der Waals surface area contributed by atoms with E-state index in [1.165, 1.54) is 0 Å². The zero-order chi connectivity index (χ0) is 18.6. The van der Waals surface area contributed by atoms with Crippen LogP contribution in [0.25, 0.3) is 22.1 Å². The third-order valence-corrected chi connectivity index (χ3v) is 4.40. The highest BCUT2D eigenvalue weighted by molar-refractivity contribution is 6.06. The molecule has 0 fully saturated rings. The summed E-state index contributed by atoms with van der Waals surface area (Å²) < 4.78 is 10.5. The third-order valence-electron chi connectivity index (χ3n) is 4.40. The maximum atomic E-state index is 12.6. The number of hydrogen-bond donors (Lipinski definition) is 1. The van der Waals surface area contributed by atoms with E-state index in [9.17, 15) is 4.79 Å². The van der Waals surface area contributed by atoms with Crippen LogP contribution >= 0.6 is 0 Å². The predicted molar refractivity (Wildman–Crippen MR) is 104 cm³/mol. The van der Waals surface area contributed by atoms with Crippen LogP contribution in [0.3, 0.4) is 0 Å². The Morgan fingerprint density at radius 3 is 2.63 bits per heavy atom. The molecule has 1 heterocycles. The highest BCUT2D eigenvalue weighted by Crippen LogP contribution is 2.23. The Balaban J connectivity index is 1.47. The molecule has 0 saturated carbocycles. The van der Waals surface area contributed by atoms with Gasteiger partial charge in [-0.2, -0.15) is 0 Å². The van der Waals surface area contributed by atoms with Crippen molar-refractivity contribution in [3.05, 3.63) is 84.1 Å². The molecule has 4 rings (SSSR count). The second-order valence-electron chi connectivity index (χ2n) is 6.12. The van der Waals surface area contributed by atoms with Gasteiger partial charge in [-0.15, -0.1) is 0 Å². The molecule has 0 atom stereocenters. The number of nitrogens with one attached hydrogen (secondary N) is 1. The number of carbonyl (C=O) groups excluding carboxylic acids is 1. The monoisotopic (exact) mass is 358 g/mol. The Bertz CT molecular complexity index is 1080. The van der Waals surface area contributed by atoms with E-state index in [4.69, 9.17) is 9.26 Å². The van der Waals surface area contributed by atoms with Crippen LogP contribution in [0, 0.1) is 0 Å². The summed E-state index contributed by atoms with van der Waals surface area (Å²) in [5.74, 6) is 1.29. The van der Waals surface area contributed by atoms with Crippen LogP contribution in [0.2, 0.25) is 0 Å². The van der Waals surface area contributed by atoms with E-state index in [0.29, 0.717) is 23.6 Å². The van der Waals surface area contributed by atoms with Gasteiger partial charge < -0.3 is 14.6 Å². The SMILES string of the molecule is COc1ccc(-c2cc(CNC(=O)c3cccc4ccccc34)no2)cc1. The summed E-state index contributed by atoms with van der Waals surface area (Å²) in [5, 5.41) is 8.91. The van der Waals surface area contributed by atoms with E-state index in [0.717, 1.165) is 22.1 Å². The average molecular weight is 358 g/mol. The molecule has 1 aromatic heterocycles. The summed E-state index contributed by atoms with van der Waals surface area (Å²) in [6.45, 7) is 0.293. The summed E-state index contributed by atoms with van der Waals surface area (Å²) >= 11 is 0. The number of rotatable bonds is 5. The molecule has 0 radical (unpaired) electrons. The van der Waals surface area contributed by atoms with Crippen LogP contribution in [0.4, 0.5) is 0 Å². The Morgan fingerprint density at radius 2 is 1.81 bits per heavy atom. The molecule has 0 aliphatic rings. The van der Waals surface area contributed by atoms with Crippen molar-refractivity contribution in [2.45, 2.75) is 6.54 Å². The van der Waals surface area contributed by atoms with Crippen molar-refractivity contribution >= 4 is 16.7 Å². The minimum absolute atomic E-state index is 0.138. The van der Waals surface area contributed by atoms with Gasteiger partial charge in [0, 0.05) is 17.2 Å². The van der Waals surface area contributed by atoms with Gasteiger partial charge in [-0.3, -0.25) is 4.79 Å². The first-order valence-electron chi connectivity index (χ1n) is 8.60. The van der Waals surface area contributed by atoms with Crippen LogP contribution in [-0.4, -0.2) is 18.2 Å². The molecule has 1 N–H and O–H groups in total. The number of benzene rings is 3. The molecule has 1 amide bonds. The van der Waals surface area contributed by atoms with Gasteiger partial charge >= 0.3 is 0 Å². The fourth-order valence-corrected chi connectivity index (χ4v) is 2.98. The number of ether oxygens (including phenoxy) is 1. The van der Waals surface area contributed by atoms with Gasteiger partial charge in [0.2, 0.25) is 0 Å². The van der Waals surface area contributed by atoms with Crippen molar-refractivity contribution in [3.8, 4) is 17.1 Å². The molecule has 0 spiro atoms. The average Bonchev–Trinajstić information content (AvgIpc) is 3.20. The molecular weight excluding hydrogens is 340 g/mol. The molecule has 0 unspecified atom stereocenters. The van der Waals surface area contributed by atoms with Crippen molar-refractivity contribution in [2.75, 3.05) is 7.11 Å². The molecule has 0 aliphatic carbocycles. The summed E-state index contributed by atoms with van der Waals surface area (Å²) in [5.41, 5.74) is 2.20. The quantitative estimate of drug-likeness (QED) is 0.573. The lowest BCUT2D eigenvalue weighted by molar-refractivity contribution is 0.0951. The van der Waals surface area contributed by atoms with E-state index in [2.05, 4.69) is 10.5 Å². The lowest BCUT2D eigenvalue weighted by atomic mass is 10.0. The van der Waals surface area contributed by atoms with E-state index in [-0.39, 0.29) is 5.91 Å². The van der Waals surface area contributed by atoms with Gasteiger partial charge in [0.15, 0.2) is 5.76 Å². The first-order chi connectivity index (χ1) is 13.2. The van der Waals surface area contributed by atoms with Crippen LogP contribution in [0.15, 0.2) is 77.3 Å². The normalized spacial score (nSPS) is 10.7. The number of nitrogens with zero attached hydrogens (tertiary/aromatic N) is 1. The molecule has 0 aliphatic heterocycles. The van der Waals surface area contributed by atoms with Crippen LogP contribution in [-0.2, 0) is 6.54 Å². The first kappa shape index (κ1) is 16.8. The minimum atomic E-state index is -0.138. The molecule has 5 heteroatoms. The van der Waals surface area contributed by atoms with Crippen molar-refractivity contribution in [2.24, 2.45) is 0 Å². The highest BCUT2D eigenvalue weighted by atomic mass is 16.5. The fraction of sp³-hybridized carbons (Fsp3) is 0.0909. The third kappa shape index (κ3) is 3.53. The minimum Gasteiger partial charge on any atom is -0.497 e. The molecule has 134 valence electrons. The maximum absolute atomic E-state index is 12.6. The standard InChI is InChI=1S/C22H18N2O3/c1-26-18-11-9-16(10-12-18)21-13-17(24-27-21)14-23-22(25)20-8-4-6-15-5-2-3-7-19(15)20/h2-13H,14H2,1H3,(H,23,25). The van der Waals surface area contributed by atoms with Crippen LogP contribution in [0.1, 0.15) is 16.1 Å². The zero-order valence-corrected chi connectivity index (χ0v) is 14.8. The van der Waals surface area contributed by atoms with Gasteiger partial charge in [-0.25, -0.2) is 0 Å². The van der Waals surface area contributed by atoms with Crippen molar-refractivity contribution < 1.29 is 14.1 Å². The van der Waals surface area contributed by atoms with Gasteiger partial charge in [0.05, 0.1) is 13.7 Å². The van der Waals surface area contributed by atoms with Gasteiger partial charge in [-0.1, -0.05) is 41.6 Å². The highest BCUT2D eigenvalue weighted by Gasteiger charge is 2.12. The lowest BCUT2D eigenvalue weighted by Crippen LogP contribution is -2.23. The molecule has 3 aromatic carbocycles. The van der Waals surface area contributed by atoms with Gasteiger partial charge in [0.1, 0.15) is 11.4 Å². The summed E-state index contributed by atoms with van der Waals surface area (Å²) in [7, 11) is 1.63. The van der Waals surface area contributed by atoms with E-state index in [1.807, 2.05) is 72.8 Å². The smallest absolute Gasteiger partial charge is 0.252 e. The number of hydrogen-bond acceptors (Lipinski definition) is 4. The fourth-order valence-electron chi connectivity index (χ4n) is 2.98. The Morgan fingerprint density at radius 1 is 1.04 bits per heavy atom. The van der Waals surface area contributed by atoms with Crippen molar-refractivity contribution in [1.29, 1.82) is 0 Å². The number of amides is 1. The van der Waals surface area contributed by atoms with Crippen LogP contribution in [0.5, 0.6) is 5.75 Å².